The van der Waals surface area contributed by atoms with Crippen LogP contribution in [0.1, 0.15) is 26.2 Å². The molecule has 18 heavy (non-hydrogen) atoms. The van der Waals surface area contributed by atoms with E-state index in [1.807, 2.05) is 22.9 Å². The highest BCUT2D eigenvalue weighted by Gasteiger charge is 2.12. The normalized spacial score (nSPS) is 10.8. The van der Waals surface area contributed by atoms with E-state index in [1.54, 1.807) is 0 Å². The predicted molar refractivity (Wildman–Crippen MR) is 74.9 cm³/mol. The first-order valence-corrected chi connectivity index (χ1v) is 6.83. The zero-order chi connectivity index (χ0) is 13.0. The molecule has 96 valence electrons. The number of nitrogen functional groups attached to an aromatic ring is 1. The largest absolute Gasteiger partial charge is 0.399 e. The van der Waals surface area contributed by atoms with E-state index in [9.17, 15) is 0 Å². The lowest BCUT2D eigenvalue weighted by Gasteiger charge is -2.06. The predicted octanol–water partition coefficient (Wildman–Crippen LogP) is 2.88. The van der Waals surface area contributed by atoms with Gasteiger partial charge >= 0.3 is 0 Å². The minimum atomic E-state index is 0.705. The molecule has 0 radical (unpaired) electrons. The van der Waals surface area contributed by atoms with Crippen molar-refractivity contribution >= 4 is 21.6 Å². The summed E-state index contributed by atoms with van der Waals surface area (Å²) in [5.41, 5.74) is 7.44. The molecule has 6 heteroatoms. The third-order valence-corrected chi connectivity index (χ3v) is 3.43. The maximum absolute atomic E-state index is 5.81. The number of nitrogens with two attached hydrogens (primary N) is 1. The van der Waals surface area contributed by atoms with E-state index in [1.165, 1.54) is 12.8 Å². The van der Waals surface area contributed by atoms with Crippen molar-refractivity contribution in [3.8, 4) is 11.4 Å². The molecule has 0 amide bonds. The summed E-state index contributed by atoms with van der Waals surface area (Å²) in [6, 6.07) is 5.64. The number of aromatic nitrogens is 4. The average molecular weight is 310 g/mol. The van der Waals surface area contributed by atoms with Crippen molar-refractivity contribution in [3.63, 3.8) is 0 Å². The molecule has 0 saturated carbocycles. The fraction of sp³-hybridized carbons (Fsp3) is 0.417. The number of hydrogen-bond donors (Lipinski definition) is 1. The molecule has 0 fully saturated rings. The summed E-state index contributed by atoms with van der Waals surface area (Å²) in [6.45, 7) is 3.01. The lowest BCUT2D eigenvalue weighted by Crippen LogP contribution is -2.03. The van der Waals surface area contributed by atoms with Gasteiger partial charge in [-0.25, -0.2) is 4.68 Å². The summed E-state index contributed by atoms with van der Waals surface area (Å²) in [4.78, 5) is 0. The summed E-state index contributed by atoms with van der Waals surface area (Å²) in [7, 11) is 0. The number of nitrogens with zero attached hydrogens (tertiary/aromatic N) is 4. The van der Waals surface area contributed by atoms with Crippen molar-refractivity contribution in [2.45, 2.75) is 32.7 Å². The van der Waals surface area contributed by atoms with Gasteiger partial charge < -0.3 is 5.73 Å². The zero-order valence-corrected chi connectivity index (χ0v) is 11.9. The van der Waals surface area contributed by atoms with Crippen LogP contribution < -0.4 is 5.73 Å². The Labute approximate surface area is 115 Å². The molecule has 0 aliphatic rings. The first kappa shape index (κ1) is 13.0. The number of benzene rings is 1. The van der Waals surface area contributed by atoms with Gasteiger partial charge in [-0.05, 0) is 35.0 Å². The van der Waals surface area contributed by atoms with E-state index in [0.717, 1.165) is 28.8 Å². The lowest BCUT2D eigenvalue weighted by molar-refractivity contribution is 0.541. The molecule has 0 unspecified atom stereocenters. The molecule has 2 aromatic rings. The van der Waals surface area contributed by atoms with Gasteiger partial charge in [0.2, 0.25) is 0 Å². The molecule has 0 saturated heterocycles. The smallest absolute Gasteiger partial charge is 0.183 e. The van der Waals surface area contributed by atoms with Gasteiger partial charge in [-0.2, -0.15) is 0 Å². The molecule has 1 aromatic carbocycles. The SMILES string of the molecule is CCCCCn1nnnc1-c1cc(N)ccc1Br. The van der Waals surface area contributed by atoms with E-state index in [2.05, 4.69) is 38.4 Å². The number of rotatable bonds is 5. The van der Waals surface area contributed by atoms with Crippen LogP contribution in [0.3, 0.4) is 0 Å². The molecule has 1 heterocycles. The van der Waals surface area contributed by atoms with Gasteiger partial charge in [0, 0.05) is 22.3 Å². The third kappa shape index (κ3) is 2.87. The standard InChI is InChI=1S/C12H16BrN5/c1-2-3-4-7-18-12(15-16-17-18)10-8-9(14)5-6-11(10)13/h5-6,8H,2-4,7,14H2,1H3. The maximum Gasteiger partial charge on any atom is 0.183 e. The van der Waals surface area contributed by atoms with E-state index in [0.29, 0.717) is 5.69 Å². The fourth-order valence-corrected chi connectivity index (χ4v) is 2.20. The highest BCUT2D eigenvalue weighted by atomic mass is 79.9. The van der Waals surface area contributed by atoms with Gasteiger partial charge in [0.15, 0.2) is 5.82 Å². The number of unbranched alkanes of at least 4 members (excludes halogenated alkanes) is 2. The van der Waals surface area contributed by atoms with E-state index >= 15 is 0 Å². The Kier molecular flexibility index (Phi) is 4.30. The van der Waals surface area contributed by atoms with Crippen LogP contribution in [0.5, 0.6) is 0 Å². The van der Waals surface area contributed by atoms with Crippen molar-refractivity contribution in [2.24, 2.45) is 0 Å². The van der Waals surface area contributed by atoms with Crippen LogP contribution in [-0.4, -0.2) is 20.2 Å². The highest BCUT2D eigenvalue weighted by molar-refractivity contribution is 9.10. The van der Waals surface area contributed by atoms with Crippen molar-refractivity contribution < 1.29 is 0 Å². The van der Waals surface area contributed by atoms with Crippen LogP contribution in [-0.2, 0) is 6.54 Å². The maximum atomic E-state index is 5.81. The van der Waals surface area contributed by atoms with Gasteiger partial charge in [-0.3, -0.25) is 0 Å². The van der Waals surface area contributed by atoms with Crippen molar-refractivity contribution in [1.82, 2.24) is 20.2 Å². The third-order valence-electron chi connectivity index (χ3n) is 2.74. The van der Waals surface area contributed by atoms with Gasteiger partial charge in [-0.1, -0.05) is 35.7 Å². The van der Waals surface area contributed by atoms with Crippen LogP contribution in [0.2, 0.25) is 0 Å². The fourth-order valence-electron chi connectivity index (χ4n) is 1.77. The molecule has 0 bridgehead atoms. The van der Waals surface area contributed by atoms with E-state index < -0.39 is 0 Å². The van der Waals surface area contributed by atoms with Crippen LogP contribution in [0.4, 0.5) is 5.69 Å². The van der Waals surface area contributed by atoms with Crippen LogP contribution >= 0.6 is 15.9 Å². The Morgan fingerprint density at radius 3 is 2.94 bits per heavy atom. The molecule has 0 atom stereocenters. The second-order valence-electron chi connectivity index (χ2n) is 4.17. The highest BCUT2D eigenvalue weighted by Crippen LogP contribution is 2.28. The van der Waals surface area contributed by atoms with Crippen LogP contribution in [0.15, 0.2) is 22.7 Å². The number of tetrazole rings is 1. The minimum absolute atomic E-state index is 0.705. The summed E-state index contributed by atoms with van der Waals surface area (Å²) in [5.74, 6) is 0.755. The quantitative estimate of drug-likeness (QED) is 0.681. The van der Waals surface area contributed by atoms with Crippen molar-refractivity contribution in [3.05, 3.63) is 22.7 Å². The van der Waals surface area contributed by atoms with Gasteiger partial charge in [0.1, 0.15) is 0 Å². The summed E-state index contributed by atoms with van der Waals surface area (Å²) >= 11 is 3.50. The molecule has 0 aliphatic heterocycles. The molecule has 1 aromatic heterocycles. The van der Waals surface area contributed by atoms with E-state index in [4.69, 9.17) is 5.73 Å². The Morgan fingerprint density at radius 1 is 1.33 bits per heavy atom. The number of anilines is 1. The Morgan fingerprint density at radius 2 is 2.17 bits per heavy atom. The van der Waals surface area contributed by atoms with Crippen LogP contribution in [0.25, 0.3) is 11.4 Å². The second kappa shape index (κ2) is 5.95. The average Bonchev–Trinajstić information content (AvgIpc) is 2.81. The first-order chi connectivity index (χ1) is 8.72. The minimum Gasteiger partial charge on any atom is -0.399 e. The molecule has 2 rings (SSSR count). The summed E-state index contributed by atoms with van der Waals surface area (Å²) in [5, 5.41) is 11.9. The van der Waals surface area contributed by atoms with Gasteiger partial charge in [0.05, 0.1) is 0 Å². The van der Waals surface area contributed by atoms with Crippen molar-refractivity contribution in [1.29, 1.82) is 0 Å². The van der Waals surface area contributed by atoms with Gasteiger partial charge in [0.25, 0.3) is 0 Å². The Bertz CT molecular complexity index is 523. The molecular formula is C12H16BrN5. The second-order valence-corrected chi connectivity index (χ2v) is 5.03. The zero-order valence-electron chi connectivity index (χ0n) is 10.3. The molecule has 5 nitrogen and oxygen atoms in total. The first-order valence-electron chi connectivity index (χ1n) is 6.04. The molecule has 0 spiro atoms. The summed E-state index contributed by atoms with van der Waals surface area (Å²) in [6.07, 6.45) is 3.44. The molecule has 0 aliphatic carbocycles. The van der Waals surface area contributed by atoms with Gasteiger partial charge in [-0.15, -0.1) is 5.10 Å². The topological polar surface area (TPSA) is 69.6 Å². The number of halogens is 1. The lowest BCUT2D eigenvalue weighted by atomic mass is 10.2. The number of aryl methyl sites for hydroxylation is 1. The number of hydrogen-bond acceptors (Lipinski definition) is 4. The Balaban J connectivity index is 2.27. The Hall–Kier alpha value is -1.43. The van der Waals surface area contributed by atoms with Crippen molar-refractivity contribution in [2.75, 3.05) is 5.73 Å². The molecular weight excluding hydrogens is 294 g/mol. The molecule has 2 N–H and O–H groups in total. The van der Waals surface area contributed by atoms with E-state index in [-0.39, 0.29) is 0 Å². The monoisotopic (exact) mass is 309 g/mol. The van der Waals surface area contributed by atoms with Crippen LogP contribution in [0, 0.1) is 0 Å². The summed E-state index contributed by atoms with van der Waals surface area (Å²) < 4.78 is 2.78.